The van der Waals surface area contributed by atoms with Crippen LogP contribution >= 0.6 is 0 Å². The van der Waals surface area contributed by atoms with E-state index in [1.54, 1.807) is 24.3 Å². The van der Waals surface area contributed by atoms with E-state index in [9.17, 15) is 10.2 Å². The maximum atomic E-state index is 9.54. The SMILES string of the molecule is CC1(C)c2cc(C#Cc3ccc(O)cc3)ccc2-c2ccc(Cc3ccc(O)cc3)cc21. The average Bonchev–Trinajstić information content (AvgIpc) is 3.01. The number of phenols is 2. The van der Waals surface area contributed by atoms with Crippen molar-refractivity contribution < 1.29 is 10.2 Å². The van der Waals surface area contributed by atoms with Gasteiger partial charge in [-0.3, -0.25) is 0 Å². The summed E-state index contributed by atoms with van der Waals surface area (Å²) in [6.45, 7) is 4.55. The molecule has 2 nitrogen and oxygen atoms in total. The number of benzene rings is 4. The molecule has 0 aromatic heterocycles. The van der Waals surface area contributed by atoms with Gasteiger partial charge in [-0.1, -0.05) is 62.1 Å². The van der Waals surface area contributed by atoms with E-state index in [4.69, 9.17) is 0 Å². The molecule has 2 heteroatoms. The molecule has 1 aliphatic carbocycles. The molecule has 0 radical (unpaired) electrons. The van der Waals surface area contributed by atoms with Crippen LogP contribution in [0.2, 0.25) is 0 Å². The van der Waals surface area contributed by atoms with E-state index in [0.29, 0.717) is 5.75 Å². The topological polar surface area (TPSA) is 40.5 Å². The van der Waals surface area contributed by atoms with Crippen molar-refractivity contribution in [3.63, 3.8) is 0 Å². The highest BCUT2D eigenvalue weighted by Crippen LogP contribution is 2.49. The van der Waals surface area contributed by atoms with Crippen LogP contribution in [0.3, 0.4) is 0 Å². The van der Waals surface area contributed by atoms with Gasteiger partial charge in [-0.15, -0.1) is 0 Å². The first kappa shape index (κ1) is 20.0. The van der Waals surface area contributed by atoms with Crippen LogP contribution in [0.4, 0.5) is 0 Å². The molecule has 0 saturated carbocycles. The third kappa shape index (κ3) is 3.63. The van der Waals surface area contributed by atoms with Crippen molar-refractivity contribution in [2.24, 2.45) is 0 Å². The predicted molar refractivity (Wildman–Crippen MR) is 129 cm³/mol. The predicted octanol–water partition coefficient (Wildman–Crippen LogP) is 6.39. The Morgan fingerprint density at radius 1 is 0.594 bits per heavy atom. The highest BCUT2D eigenvalue weighted by molar-refractivity contribution is 5.81. The highest BCUT2D eigenvalue weighted by Gasteiger charge is 2.35. The lowest BCUT2D eigenvalue weighted by Crippen LogP contribution is -2.15. The van der Waals surface area contributed by atoms with Gasteiger partial charge in [0.05, 0.1) is 0 Å². The summed E-state index contributed by atoms with van der Waals surface area (Å²) in [5.41, 5.74) is 9.41. The molecule has 4 aromatic carbocycles. The Labute approximate surface area is 188 Å². The quantitative estimate of drug-likeness (QED) is 0.372. The fourth-order valence-corrected chi connectivity index (χ4v) is 4.51. The van der Waals surface area contributed by atoms with Crippen molar-refractivity contribution in [1.82, 2.24) is 0 Å². The van der Waals surface area contributed by atoms with Crippen LogP contribution in [0.1, 0.15) is 47.2 Å². The van der Waals surface area contributed by atoms with E-state index >= 15 is 0 Å². The molecule has 0 unspecified atom stereocenters. The van der Waals surface area contributed by atoms with Gasteiger partial charge in [-0.25, -0.2) is 0 Å². The Balaban J connectivity index is 1.47. The Morgan fingerprint density at radius 2 is 1.09 bits per heavy atom. The van der Waals surface area contributed by atoms with Gasteiger partial charge in [0.1, 0.15) is 11.5 Å². The molecular weight excluding hydrogens is 392 g/mol. The molecule has 4 aromatic rings. The van der Waals surface area contributed by atoms with Crippen LogP contribution in [0.5, 0.6) is 11.5 Å². The van der Waals surface area contributed by atoms with E-state index < -0.39 is 0 Å². The third-order valence-electron chi connectivity index (χ3n) is 6.30. The van der Waals surface area contributed by atoms with Gasteiger partial charge < -0.3 is 10.2 Å². The Hall–Kier alpha value is -3.96. The number of phenolic OH excluding ortho intramolecular Hbond substituents is 2. The summed E-state index contributed by atoms with van der Waals surface area (Å²) >= 11 is 0. The van der Waals surface area contributed by atoms with E-state index in [1.165, 1.54) is 33.4 Å². The van der Waals surface area contributed by atoms with Crippen LogP contribution in [0.15, 0.2) is 84.9 Å². The van der Waals surface area contributed by atoms with Crippen LogP contribution in [-0.2, 0) is 11.8 Å². The van der Waals surface area contributed by atoms with Crippen LogP contribution in [0, 0.1) is 11.8 Å². The van der Waals surface area contributed by atoms with E-state index in [0.717, 1.165) is 17.5 Å². The molecule has 0 spiro atoms. The summed E-state index contributed by atoms with van der Waals surface area (Å²) in [5.74, 6) is 7.00. The largest absolute Gasteiger partial charge is 0.508 e. The molecular formula is C30H24O2. The molecule has 0 bridgehead atoms. The smallest absolute Gasteiger partial charge is 0.115 e. The Bertz CT molecular complexity index is 1370. The molecule has 1 aliphatic rings. The minimum absolute atomic E-state index is 0.105. The molecule has 32 heavy (non-hydrogen) atoms. The molecule has 2 N–H and O–H groups in total. The van der Waals surface area contributed by atoms with Gasteiger partial charge in [0.25, 0.3) is 0 Å². The number of hydrogen-bond acceptors (Lipinski definition) is 2. The summed E-state index contributed by atoms with van der Waals surface area (Å²) in [6.07, 6.45) is 0.837. The maximum absolute atomic E-state index is 9.54. The lowest BCUT2D eigenvalue weighted by molar-refractivity contribution is 0.474. The zero-order chi connectivity index (χ0) is 22.3. The number of hydrogen-bond donors (Lipinski definition) is 2. The summed E-state index contributed by atoms with van der Waals surface area (Å²) in [6, 6.07) is 27.6. The standard InChI is InChI=1S/C30H24O2/c1-30(2)28-18-22(4-3-20-5-11-24(31)12-6-20)9-15-26(28)27-16-10-23(19-29(27)30)17-21-7-13-25(32)14-8-21/h5-16,18-19,31-32H,17H2,1-2H3. The molecule has 156 valence electrons. The van der Waals surface area contributed by atoms with Crippen LogP contribution in [-0.4, -0.2) is 10.2 Å². The molecule has 0 atom stereocenters. The Kier molecular flexibility index (Phi) is 4.76. The molecule has 0 aliphatic heterocycles. The van der Waals surface area contributed by atoms with Gasteiger partial charge in [0.2, 0.25) is 0 Å². The summed E-state index contributed by atoms with van der Waals surface area (Å²) in [4.78, 5) is 0. The zero-order valence-electron chi connectivity index (χ0n) is 18.2. The average molecular weight is 417 g/mol. The van der Waals surface area contributed by atoms with Gasteiger partial charge in [-0.2, -0.15) is 0 Å². The zero-order valence-corrected chi connectivity index (χ0v) is 18.2. The lowest BCUT2D eigenvalue weighted by atomic mass is 9.81. The van der Waals surface area contributed by atoms with E-state index in [-0.39, 0.29) is 11.2 Å². The third-order valence-corrected chi connectivity index (χ3v) is 6.30. The summed E-state index contributed by atoms with van der Waals surface area (Å²) < 4.78 is 0. The fourth-order valence-electron chi connectivity index (χ4n) is 4.51. The van der Waals surface area contributed by atoms with Crippen LogP contribution in [0.25, 0.3) is 11.1 Å². The molecule has 5 rings (SSSR count). The molecule has 0 saturated heterocycles. The first-order chi connectivity index (χ1) is 15.4. The van der Waals surface area contributed by atoms with Gasteiger partial charge in [0.15, 0.2) is 0 Å². The normalized spacial score (nSPS) is 13.1. The van der Waals surface area contributed by atoms with Gasteiger partial charge in [-0.05, 0) is 88.3 Å². The maximum Gasteiger partial charge on any atom is 0.115 e. The minimum atomic E-state index is -0.105. The second kappa shape index (κ2) is 7.62. The van der Waals surface area contributed by atoms with Gasteiger partial charge >= 0.3 is 0 Å². The van der Waals surface area contributed by atoms with Crippen molar-refractivity contribution in [2.45, 2.75) is 25.7 Å². The van der Waals surface area contributed by atoms with Crippen molar-refractivity contribution in [3.05, 3.63) is 118 Å². The first-order valence-corrected chi connectivity index (χ1v) is 10.8. The summed E-state index contributed by atoms with van der Waals surface area (Å²) in [7, 11) is 0. The van der Waals surface area contributed by atoms with Crippen molar-refractivity contribution >= 4 is 0 Å². The molecule has 0 amide bonds. The molecule has 0 heterocycles. The van der Waals surface area contributed by atoms with E-state index in [1.807, 2.05) is 24.3 Å². The monoisotopic (exact) mass is 416 g/mol. The number of rotatable bonds is 2. The summed E-state index contributed by atoms with van der Waals surface area (Å²) in [5, 5.41) is 19.0. The lowest BCUT2D eigenvalue weighted by Gasteiger charge is -2.22. The second-order valence-corrected chi connectivity index (χ2v) is 8.91. The molecule has 0 fully saturated rings. The van der Waals surface area contributed by atoms with Crippen molar-refractivity contribution in [2.75, 3.05) is 0 Å². The van der Waals surface area contributed by atoms with Gasteiger partial charge in [0, 0.05) is 16.5 Å². The number of aromatic hydroxyl groups is 2. The second-order valence-electron chi connectivity index (χ2n) is 8.91. The first-order valence-electron chi connectivity index (χ1n) is 10.8. The van der Waals surface area contributed by atoms with Crippen molar-refractivity contribution in [1.29, 1.82) is 0 Å². The van der Waals surface area contributed by atoms with Crippen molar-refractivity contribution in [3.8, 4) is 34.5 Å². The Morgan fingerprint density at radius 3 is 1.78 bits per heavy atom. The fraction of sp³-hybridized carbons (Fsp3) is 0.133. The van der Waals surface area contributed by atoms with E-state index in [2.05, 4.69) is 62.1 Å². The minimum Gasteiger partial charge on any atom is -0.508 e. The highest BCUT2D eigenvalue weighted by atomic mass is 16.3. The van der Waals surface area contributed by atoms with Crippen LogP contribution < -0.4 is 0 Å². The number of fused-ring (bicyclic) bond motifs is 3.